The number of pyridine rings is 1. The molecular formula is C21H28N2OS. The summed E-state index contributed by atoms with van der Waals surface area (Å²) in [5, 5.41) is 3.22. The number of rotatable bonds is 8. The number of carbonyl (C=O) groups excluding carboxylic acids is 1. The highest BCUT2D eigenvalue weighted by Gasteiger charge is 2.21. The predicted molar refractivity (Wildman–Crippen MR) is 106 cm³/mol. The molecule has 134 valence electrons. The fourth-order valence-corrected chi connectivity index (χ4v) is 3.50. The number of nitrogens with zero attached hydrogens (tertiary/aromatic N) is 1. The fourth-order valence-electron chi connectivity index (χ4n) is 2.64. The Balaban J connectivity index is 1.82. The van der Waals surface area contributed by atoms with Crippen molar-refractivity contribution in [2.24, 2.45) is 5.41 Å². The molecule has 1 N–H and O–H groups in total. The van der Waals surface area contributed by atoms with Crippen LogP contribution in [0.3, 0.4) is 0 Å². The van der Waals surface area contributed by atoms with Crippen molar-refractivity contribution in [3.63, 3.8) is 0 Å². The molecule has 0 aliphatic carbocycles. The predicted octanol–water partition coefficient (Wildman–Crippen LogP) is 5.00. The maximum atomic E-state index is 12.4. The summed E-state index contributed by atoms with van der Waals surface area (Å²) in [5.74, 6) is 1.77. The first kappa shape index (κ1) is 19.5. The summed E-state index contributed by atoms with van der Waals surface area (Å²) in [6.45, 7) is 6.62. The first-order chi connectivity index (χ1) is 11.9. The van der Waals surface area contributed by atoms with Crippen LogP contribution in [0.2, 0.25) is 0 Å². The van der Waals surface area contributed by atoms with E-state index in [1.165, 1.54) is 5.56 Å². The Hall–Kier alpha value is -1.81. The van der Waals surface area contributed by atoms with E-state index in [0.29, 0.717) is 6.42 Å². The zero-order valence-electron chi connectivity index (χ0n) is 15.4. The van der Waals surface area contributed by atoms with E-state index in [-0.39, 0.29) is 17.4 Å². The third-order valence-corrected chi connectivity index (χ3v) is 4.80. The van der Waals surface area contributed by atoms with Crippen molar-refractivity contribution in [3.05, 3.63) is 66.0 Å². The fraction of sp³-hybridized carbons (Fsp3) is 0.429. The van der Waals surface area contributed by atoms with Crippen LogP contribution in [0.15, 0.2) is 54.7 Å². The van der Waals surface area contributed by atoms with E-state index in [1.807, 2.05) is 36.4 Å². The van der Waals surface area contributed by atoms with Crippen molar-refractivity contribution < 1.29 is 4.79 Å². The molecule has 1 heterocycles. The van der Waals surface area contributed by atoms with Crippen LogP contribution >= 0.6 is 11.8 Å². The Bertz CT molecular complexity index is 638. The smallest absolute Gasteiger partial charge is 0.221 e. The summed E-state index contributed by atoms with van der Waals surface area (Å²) in [6.07, 6.45) is 3.26. The lowest BCUT2D eigenvalue weighted by Gasteiger charge is -2.27. The van der Waals surface area contributed by atoms with E-state index in [2.05, 4.69) is 43.2 Å². The van der Waals surface area contributed by atoms with E-state index in [1.54, 1.807) is 18.0 Å². The molecule has 25 heavy (non-hydrogen) atoms. The van der Waals surface area contributed by atoms with Gasteiger partial charge in [-0.05, 0) is 29.5 Å². The Morgan fingerprint density at radius 3 is 2.48 bits per heavy atom. The molecule has 0 aliphatic heterocycles. The highest BCUT2D eigenvalue weighted by atomic mass is 32.2. The van der Waals surface area contributed by atoms with Crippen LogP contribution in [0.5, 0.6) is 0 Å². The van der Waals surface area contributed by atoms with Gasteiger partial charge in [0.25, 0.3) is 0 Å². The quantitative estimate of drug-likeness (QED) is 0.677. The van der Waals surface area contributed by atoms with E-state index < -0.39 is 0 Å². The highest BCUT2D eigenvalue weighted by molar-refractivity contribution is 7.98. The summed E-state index contributed by atoms with van der Waals surface area (Å²) in [4.78, 5) is 16.7. The van der Waals surface area contributed by atoms with E-state index in [9.17, 15) is 4.79 Å². The Kier molecular flexibility index (Phi) is 7.51. The number of thioether (sulfide) groups is 1. The van der Waals surface area contributed by atoms with Gasteiger partial charge in [-0.25, -0.2) is 0 Å². The van der Waals surface area contributed by atoms with Gasteiger partial charge in [0.1, 0.15) is 0 Å². The Labute approximate surface area is 155 Å². The molecule has 1 aromatic carbocycles. The number of benzene rings is 1. The molecule has 2 aromatic rings. The Morgan fingerprint density at radius 2 is 1.84 bits per heavy atom. The highest BCUT2D eigenvalue weighted by Crippen LogP contribution is 2.29. The average Bonchev–Trinajstić information content (AvgIpc) is 2.59. The largest absolute Gasteiger partial charge is 0.349 e. The van der Waals surface area contributed by atoms with Crippen LogP contribution in [-0.4, -0.2) is 16.6 Å². The summed E-state index contributed by atoms with van der Waals surface area (Å²) >= 11 is 1.75. The molecule has 0 saturated carbocycles. The monoisotopic (exact) mass is 356 g/mol. The Morgan fingerprint density at radius 1 is 1.12 bits per heavy atom. The van der Waals surface area contributed by atoms with Crippen molar-refractivity contribution in [1.82, 2.24) is 10.3 Å². The molecule has 1 aromatic heterocycles. The van der Waals surface area contributed by atoms with Crippen LogP contribution < -0.4 is 5.32 Å². The minimum absolute atomic E-state index is 0.0643. The van der Waals surface area contributed by atoms with Crippen LogP contribution in [0.4, 0.5) is 0 Å². The molecule has 1 unspecified atom stereocenters. The van der Waals surface area contributed by atoms with Crippen LogP contribution in [0.25, 0.3) is 0 Å². The normalized spacial score (nSPS) is 12.6. The van der Waals surface area contributed by atoms with Crippen molar-refractivity contribution in [2.45, 2.75) is 45.4 Å². The van der Waals surface area contributed by atoms with Gasteiger partial charge < -0.3 is 5.32 Å². The van der Waals surface area contributed by atoms with Crippen molar-refractivity contribution in [3.8, 4) is 0 Å². The average molecular weight is 357 g/mol. The summed E-state index contributed by atoms with van der Waals surface area (Å²) in [6, 6.07) is 16.2. The van der Waals surface area contributed by atoms with Gasteiger partial charge in [0.15, 0.2) is 0 Å². The maximum absolute atomic E-state index is 12.4. The van der Waals surface area contributed by atoms with Gasteiger partial charge in [0.05, 0.1) is 11.7 Å². The molecule has 2 rings (SSSR count). The number of nitrogens with one attached hydrogen (secondary N) is 1. The van der Waals surface area contributed by atoms with Crippen LogP contribution in [-0.2, 0) is 10.5 Å². The lowest BCUT2D eigenvalue weighted by atomic mass is 9.85. The van der Waals surface area contributed by atoms with Crippen LogP contribution in [0.1, 0.15) is 50.9 Å². The van der Waals surface area contributed by atoms with Gasteiger partial charge in [-0.15, -0.1) is 0 Å². The van der Waals surface area contributed by atoms with Crippen molar-refractivity contribution >= 4 is 17.7 Å². The molecule has 0 bridgehead atoms. The molecule has 0 fully saturated rings. The molecule has 4 heteroatoms. The van der Waals surface area contributed by atoms with Gasteiger partial charge in [-0.3, -0.25) is 9.78 Å². The second-order valence-electron chi connectivity index (χ2n) is 7.42. The molecule has 3 nitrogen and oxygen atoms in total. The van der Waals surface area contributed by atoms with Gasteiger partial charge in [-0.1, -0.05) is 57.2 Å². The van der Waals surface area contributed by atoms with Gasteiger partial charge >= 0.3 is 0 Å². The van der Waals surface area contributed by atoms with Gasteiger partial charge in [-0.2, -0.15) is 11.8 Å². The van der Waals surface area contributed by atoms with E-state index in [4.69, 9.17) is 0 Å². The molecule has 0 aliphatic rings. The first-order valence-corrected chi connectivity index (χ1v) is 9.91. The SMILES string of the molecule is CC(C)(C)CC(NC(=O)CCSCc1ccccn1)c1ccccc1. The number of aromatic nitrogens is 1. The standard InChI is InChI=1S/C21H28N2OS/c1-21(2,3)15-19(17-9-5-4-6-10-17)23-20(24)12-14-25-16-18-11-7-8-13-22-18/h4-11,13,19H,12,14-16H2,1-3H3,(H,23,24). The molecule has 0 saturated heterocycles. The number of hydrogen-bond acceptors (Lipinski definition) is 3. The third kappa shape index (κ3) is 7.74. The first-order valence-electron chi connectivity index (χ1n) is 8.76. The zero-order chi connectivity index (χ0) is 18.1. The lowest BCUT2D eigenvalue weighted by molar-refractivity contribution is -0.121. The zero-order valence-corrected chi connectivity index (χ0v) is 16.2. The van der Waals surface area contributed by atoms with Crippen molar-refractivity contribution in [1.29, 1.82) is 0 Å². The number of hydrogen-bond donors (Lipinski definition) is 1. The molecular weight excluding hydrogens is 328 g/mol. The summed E-state index contributed by atoms with van der Waals surface area (Å²) in [5.41, 5.74) is 2.39. The molecule has 1 amide bonds. The minimum atomic E-state index is 0.0643. The summed E-state index contributed by atoms with van der Waals surface area (Å²) < 4.78 is 0. The second-order valence-corrected chi connectivity index (χ2v) is 8.52. The van der Waals surface area contributed by atoms with Gasteiger partial charge in [0.2, 0.25) is 5.91 Å². The molecule has 0 radical (unpaired) electrons. The van der Waals surface area contributed by atoms with E-state index >= 15 is 0 Å². The lowest BCUT2D eigenvalue weighted by Crippen LogP contribution is -2.31. The van der Waals surface area contributed by atoms with Crippen molar-refractivity contribution in [2.75, 3.05) is 5.75 Å². The molecule has 1 atom stereocenters. The minimum Gasteiger partial charge on any atom is -0.349 e. The van der Waals surface area contributed by atoms with E-state index in [0.717, 1.165) is 23.6 Å². The maximum Gasteiger partial charge on any atom is 0.221 e. The molecule has 0 spiro atoms. The van der Waals surface area contributed by atoms with Crippen LogP contribution in [0, 0.1) is 5.41 Å². The van der Waals surface area contributed by atoms with Gasteiger partial charge in [0, 0.05) is 24.1 Å². The number of carbonyl (C=O) groups is 1. The second kappa shape index (κ2) is 9.62. The topological polar surface area (TPSA) is 42.0 Å². The third-order valence-electron chi connectivity index (χ3n) is 3.80. The summed E-state index contributed by atoms with van der Waals surface area (Å²) in [7, 11) is 0. The number of amides is 1.